The van der Waals surface area contributed by atoms with Gasteiger partial charge in [0.25, 0.3) is 5.91 Å². The number of anilines is 1. The molecule has 0 saturated heterocycles. The van der Waals surface area contributed by atoms with Gasteiger partial charge in [-0.25, -0.2) is 0 Å². The van der Waals surface area contributed by atoms with Crippen LogP contribution < -0.4 is 14.8 Å². The average molecular weight is 402 g/mol. The molecule has 2 aromatic rings. The van der Waals surface area contributed by atoms with Gasteiger partial charge < -0.3 is 19.6 Å². The van der Waals surface area contributed by atoms with Crippen LogP contribution in [-0.2, 0) is 9.63 Å². The standard InChI is InChI=1S/C20H20ClN3O4/c1-13(2)28-18-7-4-14(8-19(18)26-3)11-23-27-12-20(25)24-16-6-5-15(10-22)17(21)9-16/h4-9,11,13H,12H2,1-3H3,(H,24,25)/b23-11-. The fourth-order valence-electron chi connectivity index (χ4n) is 2.19. The van der Waals surface area contributed by atoms with Crippen molar-refractivity contribution in [2.24, 2.45) is 5.16 Å². The monoisotopic (exact) mass is 401 g/mol. The van der Waals surface area contributed by atoms with Crippen molar-refractivity contribution in [3.8, 4) is 17.6 Å². The molecule has 146 valence electrons. The molecule has 0 aliphatic rings. The van der Waals surface area contributed by atoms with Gasteiger partial charge >= 0.3 is 0 Å². The van der Waals surface area contributed by atoms with Crippen LogP contribution in [0.2, 0.25) is 5.02 Å². The minimum Gasteiger partial charge on any atom is -0.493 e. The number of hydrogen-bond donors (Lipinski definition) is 1. The molecule has 0 radical (unpaired) electrons. The Bertz CT molecular complexity index is 907. The lowest BCUT2D eigenvalue weighted by Gasteiger charge is -2.13. The number of hydrogen-bond acceptors (Lipinski definition) is 6. The smallest absolute Gasteiger partial charge is 0.265 e. The minimum absolute atomic E-state index is 0.0289. The van der Waals surface area contributed by atoms with E-state index in [2.05, 4.69) is 10.5 Å². The fraction of sp³-hybridized carbons (Fsp3) is 0.250. The van der Waals surface area contributed by atoms with Gasteiger partial charge in [0.15, 0.2) is 18.1 Å². The number of ether oxygens (including phenoxy) is 2. The van der Waals surface area contributed by atoms with Gasteiger partial charge in [-0.3, -0.25) is 4.79 Å². The number of methoxy groups -OCH3 is 1. The van der Waals surface area contributed by atoms with Gasteiger partial charge in [0.1, 0.15) is 6.07 Å². The third-order valence-corrected chi connectivity index (χ3v) is 3.71. The molecule has 28 heavy (non-hydrogen) atoms. The van der Waals surface area contributed by atoms with Crippen molar-refractivity contribution in [1.29, 1.82) is 5.26 Å². The molecule has 0 saturated carbocycles. The number of halogens is 1. The molecule has 0 aromatic heterocycles. The second-order valence-electron chi connectivity index (χ2n) is 5.94. The summed E-state index contributed by atoms with van der Waals surface area (Å²) in [6, 6.07) is 11.9. The molecule has 7 nitrogen and oxygen atoms in total. The molecule has 2 rings (SSSR count). The number of benzene rings is 2. The second-order valence-corrected chi connectivity index (χ2v) is 6.35. The van der Waals surface area contributed by atoms with Crippen LogP contribution in [0.5, 0.6) is 11.5 Å². The first-order valence-corrected chi connectivity index (χ1v) is 8.80. The summed E-state index contributed by atoms with van der Waals surface area (Å²) in [4.78, 5) is 16.9. The molecule has 1 amide bonds. The Labute approximate surface area is 168 Å². The Hall–Kier alpha value is -3.24. The summed E-state index contributed by atoms with van der Waals surface area (Å²) in [7, 11) is 1.56. The van der Waals surface area contributed by atoms with Gasteiger partial charge in [0.2, 0.25) is 0 Å². The van der Waals surface area contributed by atoms with Crippen LogP contribution in [0.25, 0.3) is 0 Å². The molecule has 0 unspecified atom stereocenters. The summed E-state index contributed by atoms with van der Waals surface area (Å²) >= 11 is 5.92. The number of rotatable bonds is 8. The third-order valence-electron chi connectivity index (χ3n) is 3.40. The van der Waals surface area contributed by atoms with E-state index in [4.69, 9.17) is 31.2 Å². The van der Waals surface area contributed by atoms with Gasteiger partial charge in [-0.15, -0.1) is 0 Å². The summed E-state index contributed by atoms with van der Waals surface area (Å²) < 4.78 is 10.9. The summed E-state index contributed by atoms with van der Waals surface area (Å²) in [5.74, 6) is 0.806. The zero-order valence-corrected chi connectivity index (χ0v) is 16.5. The number of carbonyl (C=O) groups is 1. The molecule has 1 N–H and O–H groups in total. The van der Waals surface area contributed by atoms with E-state index in [-0.39, 0.29) is 17.7 Å². The van der Waals surface area contributed by atoms with Gasteiger partial charge in [-0.05, 0) is 50.2 Å². The molecule has 0 heterocycles. The number of nitrogens with one attached hydrogen (secondary N) is 1. The first kappa shape index (κ1) is 21.1. The molecule has 0 fully saturated rings. The molecule has 2 aromatic carbocycles. The molecule has 8 heteroatoms. The van der Waals surface area contributed by atoms with Crippen molar-refractivity contribution in [2.45, 2.75) is 20.0 Å². The van der Waals surface area contributed by atoms with E-state index in [1.165, 1.54) is 18.3 Å². The van der Waals surface area contributed by atoms with E-state index in [1.807, 2.05) is 19.9 Å². The number of amides is 1. The lowest BCUT2D eigenvalue weighted by molar-refractivity contribution is -0.120. The zero-order valence-electron chi connectivity index (χ0n) is 15.7. The lowest BCUT2D eigenvalue weighted by atomic mass is 10.2. The van der Waals surface area contributed by atoms with Crippen molar-refractivity contribution < 1.29 is 19.1 Å². The highest BCUT2D eigenvalue weighted by Gasteiger charge is 2.08. The van der Waals surface area contributed by atoms with Crippen LogP contribution in [0.4, 0.5) is 5.69 Å². The largest absolute Gasteiger partial charge is 0.493 e. The van der Waals surface area contributed by atoms with Crippen LogP contribution in [0.3, 0.4) is 0 Å². The number of nitrogens with zero attached hydrogens (tertiary/aromatic N) is 2. The first-order valence-electron chi connectivity index (χ1n) is 8.42. The van der Waals surface area contributed by atoms with Crippen LogP contribution >= 0.6 is 11.6 Å². The maximum absolute atomic E-state index is 11.9. The Morgan fingerprint density at radius 3 is 2.71 bits per heavy atom. The Balaban J connectivity index is 1.88. The molecule has 0 spiro atoms. The van der Waals surface area contributed by atoms with Crippen LogP contribution in [0.1, 0.15) is 25.0 Å². The predicted molar refractivity (Wildman–Crippen MR) is 107 cm³/mol. The van der Waals surface area contributed by atoms with E-state index in [1.54, 1.807) is 31.4 Å². The Morgan fingerprint density at radius 2 is 2.07 bits per heavy atom. The first-order chi connectivity index (χ1) is 13.4. The maximum atomic E-state index is 11.9. The lowest BCUT2D eigenvalue weighted by Crippen LogP contribution is -2.17. The molecular weight excluding hydrogens is 382 g/mol. The minimum atomic E-state index is -0.406. The highest BCUT2D eigenvalue weighted by Crippen LogP contribution is 2.28. The zero-order chi connectivity index (χ0) is 20.5. The second kappa shape index (κ2) is 10.2. The Kier molecular flexibility index (Phi) is 7.66. The Morgan fingerprint density at radius 1 is 1.29 bits per heavy atom. The van der Waals surface area contributed by atoms with Crippen molar-refractivity contribution >= 4 is 29.4 Å². The van der Waals surface area contributed by atoms with Crippen LogP contribution in [-0.4, -0.2) is 31.9 Å². The van der Waals surface area contributed by atoms with Gasteiger partial charge in [0, 0.05) is 11.3 Å². The average Bonchev–Trinajstić information content (AvgIpc) is 2.66. The van der Waals surface area contributed by atoms with Crippen molar-refractivity contribution in [2.75, 3.05) is 19.0 Å². The van der Waals surface area contributed by atoms with Gasteiger partial charge in [-0.1, -0.05) is 16.8 Å². The van der Waals surface area contributed by atoms with E-state index < -0.39 is 5.91 Å². The summed E-state index contributed by atoms with van der Waals surface area (Å²) in [6.07, 6.45) is 1.49. The van der Waals surface area contributed by atoms with E-state index in [0.717, 1.165) is 5.56 Å². The molecule has 0 atom stereocenters. The predicted octanol–water partition coefficient (Wildman–Crippen LogP) is 4.00. The number of nitriles is 1. The van der Waals surface area contributed by atoms with E-state index in [9.17, 15) is 4.79 Å². The van der Waals surface area contributed by atoms with Crippen LogP contribution in [0, 0.1) is 11.3 Å². The summed E-state index contributed by atoms with van der Waals surface area (Å²) in [5, 5.41) is 15.5. The molecular formula is C20H20ClN3O4. The van der Waals surface area contributed by atoms with E-state index >= 15 is 0 Å². The topological polar surface area (TPSA) is 92.9 Å². The van der Waals surface area contributed by atoms with E-state index in [0.29, 0.717) is 22.7 Å². The van der Waals surface area contributed by atoms with Crippen LogP contribution in [0.15, 0.2) is 41.6 Å². The number of oxime groups is 1. The SMILES string of the molecule is COc1cc(/C=N\OCC(=O)Nc2ccc(C#N)c(Cl)c2)ccc1OC(C)C. The fourth-order valence-corrected chi connectivity index (χ4v) is 2.41. The van der Waals surface area contributed by atoms with Gasteiger partial charge in [0.05, 0.1) is 30.0 Å². The highest BCUT2D eigenvalue weighted by atomic mass is 35.5. The molecule has 0 bridgehead atoms. The van der Waals surface area contributed by atoms with Crippen molar-refractivity contribution in [1.82, 2.24) is 0 Å². The summed E-state index contributed by atoms with van der Waals surface area (Å²) in [5.41, 5.74) is 1.53. The maximum Gasteiger partial charge on any atom is 0.265 e. The summed E-state index contributed by atoms with van der Waals surface area (Å²) in [6.45, 7) is 3.58. The van der Waals surface area contributed by atoms with Crippen molar-refractivity contribution in [3.05, 3.63) is 52.5 Å². The molecule has 0 aliphatic heterocycles. The normalized spacial score (nSPS) is 10.6. The highest BCUT2D eigenvalue weighted by molar-refractivity contribution is 6.32. The molecule has 0 aliphatic carbocycles. The quantitative estimate of drug-likeness (QED) is 0.533. The van der Waals surface area contributed by atoms with Gasteiger partial charge in [-0.2, -0.15) is 5.26 Å². The van der Waals surface area contributed by atoms with Crippen molar-refractivity contribution in [3.63, 3.8) is 0 Å². The third kappa shape index (κ3) is 6.18. The number of carbonyl (C=O) groups excluding carboxylic acids is 1.